The van der Waals surface area contributed by atoms with Gasteiger partial charge in [-0.05, 0) is 44.1 Å². The van der Waals surface area contributed by atoms with Crippen LogP contribution in [0.2, 0.25) is 0 Å². The molecule has 0 saturated carbocycles. The van der Waals surface area contributed by atoms with Crippen molar-refractivity contribution in [1.29, 1.82) is 0 Å². The predicted molar refractivity (Wildman–Crippen MR) is 91.2 cm³/mol. The fourth-order valence-electron chi connectivity index (χ4n) is 3.23. The van der Waals surface area contributed by atoms with E-state index in [9.17, 15) is 4.39 Å². The summed E-state index contributed by atoms with van der Waals surface area (Å²) in [6, 6.07) is 10.7. The summed E-state index contributed by atoms with van der Waals surface area (Å²) in [7, 11) is 0. The second kappa shape index (κ2) is 7.11. The number of benzene rings is 1. The molecule has 0 spiro atoms. The third-order valence-corrected chi connectivity index (χ3v) is 4.67. The molecule has 1 aliphatic heterocycles. The van der Waals surface area contributed by atoms with E-state index in [1.165, 1.54) is 6.07 Å². The lowest BCUT2D eigenvalue weighted by molar-refractivity contribution is 0.198. The lowest BCUT2D eigenvalue weighted by atomic mass is 9.96. The van der Waals surface area contributed by atoms with Gasteiger partial charge in [0.05, 0.1) is 0 Å². The molecular weight excluding hydrogens is 319 g/mol. The lowest BCUT2D eigenvalue weighted by Crippen LogP contribution is -2.33. The molecule has 4 rings (SSSR count). The molecule has 0 bridgehead atoms. The molecule has 0 radical (unpaired) electrons. The Bertz CT molecular complexity index is 828. The van der Waals surface area contributed by atoms with Gasteiger partial charge in [0, 0.05) is 36.0 Å². The number of pyridine rings is 1. The zero-order valence-corrected chi connectivity index (χ0v) is 13.8. The number of halogens is 1. The molecule has 0 amide bonds. The van der Waals surface area contributed by atoms with Gasteiger partial charge in [-0.15, -0.1) is 0 Å². The van der Waals surface area contributed by atoms with E-state index in [1.807, 2.05) is 24.3 Å². The van der Waals surface area contributed by atoms with Crippen molar-refractivity contribution in [2.75, 3.05) is 13.1 Å². The SMILES string of the molecule is Fc1ccccc1CN1CCC(c2noc(-c3ccncc3)n2)CC1. The van der Waals surface area contributed by atoms with Gasteiger partial charge in [-0.3, -0.25) is 9.88 Å². The van der Waals surface area contributed by atoms with Crippen LogP contribution in [0.15, 0.2) is 53.3 Å². The summed E-state index contributed by atoms with van der Waals surface area (Å²) >= 11 is 0. The largest absolute Gasteiger partial charge is 0.334 e. The van der Waals surface area contributed by atoms with Gasteiger partial charge in [-0.2, -0.15) is 4.98 Å². The third kappa shape index (κ3) is 3.58. The maximum Gasteiger partial charge on any atom is 0.258 e. The summed E-state index contributed by atoms with van der Waals surface area (Å²) in [5.74, 6) is 1.45. The first-order chi connectivity index (χ1) is 12.3. The second-order valence-corrected chi connectivity index (χ2v) is 6.34. The van der Waals surface area contributed by atoms with E-state index in [4.69, 9.17) is 4.52 Å². The van der Waals surface area contributed by atoms with Crippen molar-refractivity contribution >= 4 is 0 Å². The molecular formula is C19H19FN4O. The number of aromatic nitrogens is 3. The van der Waals surface area contributed by atoms with Crippen LogP contribution in [0, 0.1) is 5.82 Å². The number of rotatable bonds is 4. The van der Waals surface area contributed by atoms with Crippen molar-refractivity contribution < 1.29 is 8.91 Å². The number of piperidine rings is 1. The van der Waals surface area contributed by atoms with Gasteiger partial charge in [-0.1, -0.05) is 23.4 Å². The van der Waals surface area contributed by atoms with Crippen LogP contribution >= 0.6 is 0 Å². The van der Waals surface area contributed by atoms with Crippen molar-refractivity contribution in [2.45, 2.75) is 25.3 Å². The number of nitrogens with zero attached hydrogens (tertiary/aromatic N) is 4. The molecule has 3 heterocycles. The summed E-state index contributed by atoms with van der Waals surface area (Å²) in [4.78, 5) is 10.8. The summed E-state index contributed by atoms with van der Waals surface area (Å²) in [5.41, 5.74) is 1.63. The highest BCUT2D eigenvalue weighted by Crippen LogP contribution is 2.28. The van der Waals surface area contributed by atoms with E-state index in [1.54, 1.807) is 18.5 Å². The van der Waals surface area contributed by atoms with Crippen LogP contribution in [0.5, 0.6) is 0 Å². The van der Waals surface area contributed by atoms with Gasteiger partial charge in [0.1, 0.15) is 5.82 Å². The Hall–Kier alpha value is -2.60. The number of hydrogen-bond acceptors (Lipinski definition) is 5. The van der Waals surface area contributed by atoms with Crippen molar-refractivity contribution in [3.63, 3.8) is 0 Å². The van der Waals surface area contributed by atoms with E-state index >= 15 is 0 Å². The number of hydrogen-bond donors (Lipinski definition) is 0. The minimum atomic E-state index is -0.134. The molecule has 3 aromatic rings. The Morgan fingerprint density at radius 3 is 2.60 bits per heavy atom. The van der Waals surface area contributed by atoms with E-state index in [0.717, 1.165) is 42.9 Å². The van der Waals surface area contributed by atoms with E-state index < -0.39 is 0 Å². The molecule has 25 heavy (non-hydrogen) atoms. The van der Waals surface area contributed by atoms with Gasteiger partial charge >= 0.3 is 0 Å². The molecule has 0 aliphatic carbocycles. The molecule has 1 saturated heterocycles. The Kier molecular flexibility index (Phi) is 4.52. The fraction of sp³-hybridized carbons (Fsp3) is 0.316. The Labute approximate surface area is 145 Å². The molecule has 2 aromatic heterocycles. The van der Waals surface area contributed by atoms with Crippen LogP contribution in [0.4, 0.5) is 4.39 Å². The minimum Gasteiger partial charge on any atom is -0.334 e. The molecule has 1 aromatic carbocycles. The third-order valence-electron chi connectivity index (χ3n) is 4.67. The summed E-state index contributed by atoms with van der Waals surface area (Å²) < 4.78 is 19.2. The molecule has 0 atom stereocenters. The monoisotopic (exact) mass is 338 g/mol. The standard InChI is InChI=1S/C19H19FN4O/c20-17-4-2-1-3-16(17)13-24-11-7-14(8-12-24)18-22-19(25-23-18)15-5-9-21-10-6-15/h1-6,9-10,14H,7-8,11-13H2. The lowest BCUT2D eigenvalue weighted by Gasteiger charge is -2.30. The first-order valence-corrected chi connectivity index (χ1v) is 8.49. The van der Waals surface area contributed by atoms with E-state index in [2.05, 4.69) is 20.0 Å². The highest BCUT2D eigenvalue weighted by Gasteiger charge is 2.25. The maximum atomic E-state index is 13.8. The second-order valence-electron chi connectivity index (χ2n) is 6.34. The average Bonchev–Trinajstić information content (AvgIpc) is 3.15. The zero-order valence-electron chi connectivity index (χ0n) is 13.8. The summed E-state index contributed by atoms with van der Waals surface area (Å²) in [5, 5.41) is 4.15. The van der Waals surface area contributed by atoms with Crippen LogP contribution < -0.4 is 0 Å². The molecule has 0 N–H and O–H groups in total. The first kappa shape index (κ1) is 15.9. The summed E-state index contributed by atoms with van der Waals surface area (Å²) in [6.07, 6.45) is 5.31. The van der Waals surface area contributed by atoms with Gasteiger partial charge in [-0.25, -0.2) is 4.39 Å². The van der Waals surface area contributed by atoms with Crippen molar-refractivity contribution in [3.8, 4) is 11.5 Å². The predicted octanol–water partition coefficient (Wildman–Crippen LogP) is 3.65. The van der Waals surface area contributed by atoms with Crippen LogP contribution in [0.25, 0.3) is 11.5 Å². The fourth-order valence-corrected chi connectivity index (χ4v) is 3.23. The van der Waals surface area contributed by atoms with Gasteiger partial charge in [0.2, 0.25) is 0 Å². The molecule has 1 aliphatic rings. The maximum absolute atomic E-state index is 13.8. The molecule has 5 nitrogen and oxygen atoms in total. The quantitative estimate of drug-likeness (QED) is 0.727. The van der Waals surface area contributed by atoms with Crippen molar-refractivity contribution in [3.05, 3.63) is 66.0 Å². The topological polar surface area (TPSA) is 55.1 Å². The van der Waals surface area contributed by atoms with Gasteiger partial charge in [0.15, 0.2) is 5.82 Å². The first-order valence-electron chi connectivity index (χ1n) is 8.49. The molecule has 1 fully saturated rings. The number of likely N-dealkylation sites (tertiary alicyclic amines) is 1. The highest BCUT2D eigenvalue weighted by atomic mass is 19.1. The van der Waals surface area contributed by atoms with Crippen LogP contribution in [-0.4, -0.2) is 33.1 Å². The van der Waals surface area contributed by atoms with Gasteiger partial charge in [0.25, 0.3) is 5.89 Å². The minimum absolute atomic E-state index is 0.134. The van der Waals surface area contributed by atoms with Crippen molar-refractivity contribution in [2.24, 2.45) is 0 Å². The molecule has 6 heteroatoms. The highest BCUT2D eigenvalue weighted by molar-refractivity contribution is 5.51. The van der Waals surface area contributed by atoms with E-state index in [-0.39, 0.29) is 11.7 Å². The van der Waals surface area contributed by atoms with Crippen molar-refractivity contribution in [1.82, 2.24) is 20.0 Å². The van der Waals surface area contributed by atoms with E-state index in [0.29, 0.717) is 12.4 Å². The average molecular weight is 338 g/mol. The summed E-state index contributed by atoms with van der Waals surface area (Å²) in [6.45, 7) is 2.45. The van der Waals surface area contributed by atoms with Crippen LogP contribution in [0.3, 0.4) is 0 Å². The van der Waals surface area contributed by atoms with Crippen LogP contribution in [0.1, 0.15) is 30.1 Å². The Balaban J connectivity index is 1.38. The molecule has 128 valence electrons. The Morgan fingerprint density at radius 1 is 1.08 bits per heavy atom. The van der Waals surface area contributed by atoms with Crippen LogP contribution in [-0.2, 0) is 6.54 Å². The Morgan fingerprint density at radius 2 is 1.84 bits per heavy atom. The van der Waals surface area contributed by atoms with Gasteiger partial charge < -0.3 is 4.52 Å². The molecule has 0 unspecified atom stereocenters. The zero-order chi connectivity index (χ0) is 17.1. The normalized spacial score (nSPS) is 16.2. The smallest absolute Gasteiger partial charge is 0.258 e.